The van der Waals surface area contributed by atoms with Crippen LogP contribution in [0.4, 0.5) is 0 Å². The van der Waals surface area contributed by atoms with E-state index in [1.165, 1.54) is 19.3 Å². The van der Waals surface area contributed by atoms with Crippen molar-refractivity contribution >= 4 is 11.6 Å². The van der Waals surface area contributed by atoms with E-state index in [0.29, 0.717) is 48.1 Å². The van der Waals surface area contributed by atoms with E-state index in [-0.39, 0.29) is 11.8 Å². The van der Waals surface area contributed by atoms with E-state index < -0.39 is 0 Å². The van der Waals surface area contributed by atoms with Crippen molar-refractivity contribution in [1.82, 2.24) is 0 Å². The number of hydrogen-bond donors (Lipinski definition) is 0. The van der Waals surface area contributed by atoms with Crippen LogP contribution in [0.5, 0.6) is 0 Å². The SMILES string of the molecule is O=C1CCC(=O)[C@H]2[C@H]3C=C[C@H]([C@@H]4CCC[C@H]34)[C@@H]12. The maximum Gasteiger partial charge on any atom is 0.137 e. The fourth-order valence-corrected chi connectivity index (χ4v) is 5.18. The summed E-state index contributed by atoms with van der Waals surface area (Å²) in [5.74, 6) is 3.08. The fraction of sp³-hybridized carbons (Fsp3) is 0.733. The van der Waals surface area contributed by atoms with Crippen LogP contribution in [-0.2, 0) is 9.59 Å². The van der Waals surface area contributed by atoms with Crippen LogP contribution in [0.1, 0.15) is 32.1 Å². The average molecular weight is 230 g/mol. The summed E-state index contributed by atoms with van der Waals surface area (Å²) in [6.07, 6.45) is 9.42. The number of rotatable bonds is 0. The van der Waals surface area contributed by atoms with E-state index in [4.69, 9.17) is 0 Å². The third-order valence-corrected chi connectivity index (χ3v) is 5.75. The van der Waals surface area contributed by atoms with Crippen molar-refractivity contribution in [3.8, 4) is 0 Å². The lowest BCUT2D eigenvalue weighted by Gasteiger charge is -2.52. The molecule has 0 aromatic heterocycles. The molecule has 90 valence electrons. The Labute approximate surface area is 101 Å². The van der Waals surface area contributed by atoms with Gasteiger partial charge in [-0.05, 0) is 36.5 Å². The van der Waals surface area contributed by atoms with Gasteiger partial charge in [0, 0.05) is 24.7 Å². The van der Waals surface area contributed by atoms with E-state index in [1.54, 1.807) is 0 Å². The predicted molar refractivity (Wildman–Crippen MR) is 63.2 cm³/mol. The first-order valence-electron chi connectivity index (χ1n) is 7.01. The minimum absolute atomic E-state index is 0.0607. The van der Waals surface area contributed by atoms with Crippen molar-refractivity contribution in [2.75, 3.05) is 0 Å². The van der Waals surface area contributed by atoms with Gasteiger partial charge in [-0.2, -0.15) is 0 Å². The van der Waals surface area contributed by atoms with Crippen molar-refractivity contribution in [2.24, 2.45) is 35.5 Å². The molecule has 5 aliphatic carbocycles. The van der Waals surface area contributed by atoms with Gasteiger partial charge in [-0.3, -0.25) is 9.59 Å². The summed E-state index contributed by atoms with van der Waals surface area (Å²) in [7, 11) is 0. The second-order valence-electron chi connectivity index (χ2n) is 6.28. The molecule has 6 atom stereocenters. The first kappa shape index (κ1) is 10.0. The first-order valence-corrected chi connectivity index (χ1v) is 7.01. The van der Waals surface area contributed by atoms with Crippen LogP contribution in [0.25, 0.3) is 0 Å². The van der Waals surface area contributed by atoms with Gasteiger partial charge in [0.1, 0.15) is 11.6 Å². The Morgan fingerprint density at radius 3 is 1.76 bits per heavy atom. The van der Waals surface area contributed by atoms with Crippen LogP contribution < -0.4 is 0 Å². The highest BCUT2D eigenvalue weighted by Crippen LogP contribution is 2.58. The maximum absolute atomic E-state index is 12.2. The van der Waals surface area contributed by atoms with E-state index in [0.717, 1.165) is 0 Å². The van der Waals surface area contributed by atoms with Gasteiger partial charge >= 0.3 is 0 Å². The van der Waals surface area contributed by atoms with Crippen molar-refractivity contribution < 1.29 is 9.59 Å². The van der Waals surface area contributed by atoms with Gasteiger partial charge in [0.05, 0.1) is 0 Å². The molecule has 0 N–H and O–H groups in total. The van der Waals surface area contributed by atoms with Gasteiger partial charge in [-0.1, -0.05) is 18.6 Å². The highest BCUT2D eigenvalue weighted by Gasteiger charge is 2.57. The topological polar surface area (TPSA) is 34.1 Å². The van der Waals surface area contributed by atoms with E-state index in [2.05, 4.69) is 12.2 Å². The highest BCUT2D eigenvalue weighted by molar-refractivity contribution is 5.97. The Kier molecular flexibility index (Phi) is 1.95. The predicted octanol–water partition coefficient (Wildman–Crippen LogP) is 2.38. The molecule has 5 aliphatic rings. The van der Waals surface area contributed by atoms with Crippen molar-refractivity contribution in [2.45, 2.75) is 32.1 Å². The van der Waals surface area contributed by atoms with Gasteiger partial charge in [0.25, 0.3) is 0 Å². The Bertz CT molecular complexity index is 385. The molecule has 0 spiro atoms. The molecule has 0 aromatic rings. The Morgan fingerprint density at radius 2 is 1.29 bits per heavy atom. The van der Waals surface area contributed by atoms with Crippen LogP contribution in [0.2, 0.25) is 0 Å². The molecule has 0 amide bonds. The maximum atomic E-state index is 12.2. The van der Waals surface area contributed by atoms with Gasteiger partial charge < -0.3 is 0 Å². The first-order chi connectivity index (χ1) is 8.27. The molecule has 0 aromatic carbocycles. The number of ketones is 2. The number of carbonyl (C=O) groups is 2. The highest BCUT2D eigenvalue weighted by atomic mass is 16.1. The monoisotopic (exact) mass is 230 g/mol. The molecular formula is C15H18O2. The molecule has 5 rings (SSSR count). The molecule has 2 heteroatoms. The lowest BCUT2D eigenvalue weighted by atomic mass is 9.50. The average Bonchev–Trinajstić information content (AvgIpc) is 2.84. The molecule has 0 radical (unpaired) electrons. The largest absolute Gasteiger partial charge is 0.299 e. The van der Waals surface area contributed by atoms with Gasteiger partial charge in [-0.15, -0.1) is 0 Å². The third kappa shape index (κ3) is 1.16. The van der Waals surface area contributed by atoms with Crippen LogP contribution in [0.3, 0.4) is 0 Å². The van der Waals surface area contributed by atoms with Crippen molar-refractivity contribution in [3.63, 3.8) is 0 Å². The van der Waals surface area contributed by atoms with Crippen LogP contribution >= 0.6 is 0 Å². The Hall–Kier alpha value is -0.920. The Balaban J connectivity index is 1.81. The minimum atomic E-state index is 0.0607. The fourth-order valence-electron chi connectivity index (χ4n) is 5.18. The molecule has 0 saturated heterocycles. The zero-order valence-electron chi connectivity index (χ0n) is 9.97. The van der Waals surface area contributed by atoms with Crippen LogP contribution in [-0.4, -0.2) is 11.6 Å². The van der Waals surface area contributed by atoms with Crippen molar-refractivity contribution in [1.29, 1.82) is 0 Å². The molecule has 3 fully saturated rings. The second-order valence-corrected chi connectivity index (χ2v) is 6.28. The third-order valence-electron chi connectivity index (χ3n) is 5.75. The molecule has 0 unspecified atom stereocenters. The van der Waals surface area contributed by atoms with Gasteiger partial charge in [0.2, 0.25) is 0 Å². The molecule has 0 heterocycles. The van der Waals surface area contributed by atoms with Gasteiger partial charge in [0.15, 0.2) is 0 Å². The second kappa shape index (κ2) is 3.30. The zero-order valence-corrected chi connectivity index (χ0v) is 9.97. The lowest BCUT2D eigenvalue weighted by molar-refractivity contribution is -0.147. The summed E-state index contributed by atoms with van der Waals surface area (Å²) in [4.78, 5) is 24.3. The van der Waals surface area contributed by atoms with Crippen LogP contribution in [0.15, 0.2) is 12.2 Å². The molecule has 3 saturated carbocycles. The van der Waals surface area contributed by atoms with Crippen molar-refractivity contribution in [3.05, 3.63) is 12.2 Å². The molecular weight excluding hydrogens is 212 g/mol. The number of Topliss-reactive ketones (excluding diaryl/α,β-unsaturated/α-hetero) is 2. The minimum Gasteiger partial charge on any atom is -0.299 e. The molecule has 2 bridgehead atoms. The quantitative estimate of drug-likeness (QED) is 0.599. The number of allylic oxidation sites excluding steroid dienone is 2. The van der Waals surface area contributed by atoms with E-state index in [9.17, 15) is 9.59 Å². The summed E-state index contributed by atoms with van der Waals surface area (Å²) in [5, 5.41) is 0. The van der Waals surface area contributed by atoms with Gasteiger partial charge in [-0.25, -0.2) is 0 Å². The zero-order chi connectivity index (χ0) is 11.6. The standard InChI is InChI=1S/C15H18O2/c16-12-6-7-13(17)15-11-5-4-10(14(12)15)8-2-1-3-9(8)11/h4-5,8-11,14-15H,1-3,6-7H2/t8-,9+,10-,11+,14+,15-. The normalized spacial score (nSPS) is 51.5. The van der Waals surface area contributed by atoms with Crippen LogP contribution in [0, 0.1) is 35.5 Å². The van der Waals surface area contributed by atoms with E-state index in [1.807, 2.05) is 0 Å². The number of carbonyl (C=O) groups excluding carboxylic acids is 2. The smallest absolute Gasteiger partial charge is 0.137 e. The summed E-state index contributed by atoms with van der Waals surface area (Å²) in [6, 6.07) is 0. The molecule has 0 aliphatic heterocycles. The Morgan fingerprint density at radius 1 is 0.824 bits per heavy atom. The molecule has 2 nitrogen and oxygen atoms in total. The lowest BCUT2D eigenvalue weighted by Crippen LogP contribution is -2.54. The molecule has 17 heavy (non-hydrogen) atoms. The van der Waals surface area contributed by atoms with E-state index >= 15 is 0 Å². The summed E-state index contributed by atoms with van der Waals surface area (Å²) in [5.41, 5.74) is 0. The summed E-state index contributed by atoms with van der Waals surface area (Å²) in [6.45, 7) is 0. The summed E-state index contributed by atoms with van der Waals surface area (Å²) < 4.78 is 0. The number of hydrogen-bond acceptors (Lipinski definition) is 2. The summed E-state index contributed by atoms with van der Waals surface area (Å²) >= 11 is 0.